The number of hydrogen-bond donors (Lipinski definition) is 3. The molecule has 0 aliphatic heterocycles. The van der Waals surface area contributed by atoms with Crippen LogP contribution in [0.5, 0.6) is 0 Å². The van der Waals surface area contributed by atoms with Crippen LogP contribution < -0.4 is 0 Å². The zero-order valence-corrected chi connectivity index (χ0v) is 12.6. The molecule has 2 atom stereocenters. The fraction of sp³-hybridized carbons (Fsp3) is 0.500. The molecule has 0 saturated carbocycles. The number of aliphatic hydroxyl groups is 3. The predicted molar refractivity (Wildman–Crippen MR) is 76.1 cm³/mol. The summed E-state index contributed by atoms with van der Waals surface area (Å²) in [7, 11) is 0. The van der Waals surface area contributed by atoms with Crippen LogP contribution in [0, 0.1) is 0 Å². The zero-order valence-electron chi connectivity index (χ0n) is 11.8. The smallest absolute Gasteiger partial charge is 0.392 e. The monoisotopic (exact) mass is 338 g/mol. The van der Waals surface area contributed by atoms with E-state index in [-0.39, 0.29) is 28.4 Å². The van der Waals surface area contributed by atoms with Crippen LogP contribution in [0.25, 0.3) is 0 Å². The summed E-state index contributed by atoms with van der Waals surface area (Å²) in [6, 6.07) is 2.57. The lowest BCUT2D eigenvalue weighted by atomic mass is 9.96. The molecule has 1 aromatic carbocycles. The summed E-state index contributed by atoms with van der Waals surface area (Å²) in [6.45, 7) is 0.679. The van der Waals surface area contributed by atoms with Crippen molar-refractivity contribution in [3.8, 4) is 0 Å². The first kappa shape index (κ1) is 19.0. The molecule has 1 rings (SSSR count). The van der Waals surface area contributed by atoms with E-state index in [0.717, 1.165) is 30.0 Å². The highest BCUT2D eigenvalue weighted by molar-refractivity contribution is 8.13. The van der Waals surface area contributed by atoms with Crippen LogP contribution in [-0.4, -0.2) is 32.3 Å². The van der Waals surface area contributed by atoms with Crippen LogP contribution in [0.15, 0.2) is 18.2 Å². The molecule has 1 aromatic rings. The number of carbonyl (C=O) groups is 1. The highest BCUT2D eigenvalue weighted by atomic mass is 32.2. The van der Waals surface area contributed by atoms with Gasteiger partial charge in [0.15, 0.2) is 5.12 Å². The molecule has 8 heteroatoms. The lowest BCUT2D eigenvalue weighted by molar-refractivity contribution is -0.137. The van der Waals surface area contributed by atoms with E-state index in [2.05, 4.69) is 0 Å². The minimum absolute atomic E-state index is 0.0378. The predicted octanol–water partition coefficient (Wildman–Crippen LogP) is 2.26. The number of alkyl halides is 3. The van der Waals surface area contributed by atoms with Crippen LogP contribution >= 0.6 is 11.8 Å². The van der Waals surface area contributed by atoms with Gasteiger partial charge >= 0.3 is 6.18 Å². The third-order valence-electron chi connectivity index (χ3n) is 3.04. The van der Waals surface area contributed by atoms with Crippen LogP contribution in [-0.2, 0) is 17.6 Å². The number of carbonyl (C=O) groups excluding carboxylic acids is 1. The van der Waals surface area contributed by atoms with Crippen molar-refractivity contribution in [2.75, 3.05) is 5.75 Å². The number of thioether (sulfide) groups is 1. The molecule has 0 aliphatic carbocycles. The number of halogens is 3. The van der Waals surface area contributed by atoms with E-state index < -0.39 is 30.6 Å². The second kappa shape index (κ2) is 7.96. The molecule has 0 aromatic heterocycles. The van der Waals surface area contributed by atoms with Gasteiger partial charge in [0.05, 0.1) is 18.3 Å². The molecule has 0 amide bonds. The molecule has 0 aliphatic rings. The van der Waals surface area contributed by atoms with Crippen molar-refractivity contribution in [1.29, 1.82) is 0 Å². The van der Waals surface area contributed by atoms with E-state index in [9.17, 15) is 33.3 Å². The van der Waals surface area contributed by atoms with Crippen LogP contribution in [0.2, 0.25) is 0 Å². The van der Waals surface area contributed by atoms with Crippen molar-refractivity contribution in [3.05, 3.63) is 34.9 Å². The van der Waals surface area contributed by atoms with Crippen molar-refractivity contribution in [2.45, 2.75) is 38.3 Å². The average molecular weight is 338 g/mol. The Balaban J connectivity index is 2.88. The fourth-order valence-corrected chi connectivity index (χ4v) is 2.54. The number of aliphatic hydroxyl groups excluding tert-OH is 3. The van der Waals surface area contributed by atoms with Gasteiger partial charge in [-0.15, -0.1) is 0 Å². The van der Waals surface area contributed by atoms with Gasteiger partial charge in [0.1, 0.15) is 6.10 Å². The Labute approximate surface area is 130 Å². The second-order valence-corrected chi connectivity index (χ2v) is 5.98. The van der Waals surface area contributed by atoms with E-state index in [0.29, 0.717) is 0 Å². The Hall–Kier alpha value is -1.09. The van der Waals surface area contributed by atoms with E-state index in [4.69, 9.17) is 0 Å². The SMILES string of the molecule is CC(=O)SCCC(O)C(O)c1ccc(C(F)(F)F)cc1CO. The minimum Gasteiger partial charge on any atom is -0.392 e. The molecule has 3 N–H and O–H groups in total. The van der Waals surface area contributed by atoms with Crippen molar-refractivity contribution in [1.82, 2.24) is 0 Å². The Morgan fingerprint density at radius 3 is 2.45 bits per heavy atom. The van der Waals surface area contributed by atoms with Gasteiger partial charge in [-0.1, -0.05) is 17.8 Å². The van der Waals surface area contributed by atoms with E-state index in [1.54, 1.807) is 0 Å². The summed E-state index contributed by atoms with van der Waals surface area (Å²) in [5, 5.41) is 28.9. The van der Waals surface area contributed by atoms with Gasteiger partial charge in [-0.3, -0.25) is 4.79 Å². The molecular formula is C14H17F3O4S. The molecule has 0 radical (unpaired) electrons. The van der Waals surface area contributed by atoms with E-state index in [1.807, 2.05) is 0 Å². The highest BCUT2D eigenvalue weighted by Crippen LogP contribution is 2.33. The Morgan fingerprint density at radius 1 is 1.32 bits per heavy atom. The summed E-state index contributed by atoms with van der Waals surface area (Å²) in [4.78, 5) is 10.8. The molecule has 0 fully saturated rings. The molecule has 0 saturated heterocycles. The van der Waals surface area contributed by atoms with Gasteiger partial charge in [0.25, 0.3) is 0 Å². The van der Waals surface area contributed by atoms with Crippen molar-refractivity contribution >= 4 is 16.9 Å². The fourth-order valence-electron chi connectivity index (χ4n) is 1.90. The maximum absolute atomic E-state index is 12.6. The van der Waals surface area contributed by atoms with Gasteiger partial charge in [-0.05, 0) is 29.7 Å². The van der Waals surface area contributed by atoms with Crippen LogP contribution in [0.1, 0.15) is 36.1 Å². The van der Waals surface area contributed by atoms with Crippen molar-refractivity contribution in [3.63, 3.8) is 0 Å². The van der Waals surface area contributed by atoms with E-state index in [1.165, 1.54) is 6.92 Å². The summed E-state index contributed by atoms with van der Waals surface area (Å²) in [5.74, 6) is 0.280. The largest absolute Gasteiger partial charge is 0.416 e. The lowest BCUT2D eigenvalue weighted by Gasteiger charge is -2.21. The normalized spacial score (nSPS) is 14.7. The first-order valence-electron chi connectivity index (χ1n) is 6.47. The molecule has 124 valence electrons. The van der Waals surface area contributed by atoms with Gasteiger partial charge in [-0.2, -0.15) is 13.2 Å². The molecule has 2 unspecified atom stereocenters. The summed E-state index contributed by atoms with van der Waals surface area (Å²) < 4.78 is 37.8. The quantitative estimate of drug-likeness (QED) is 0.742. The van der Waals surface area contributed by atoms with Gasteiger partial charge < -0.3 is 15.3 Å². The van der Waals surface area contributed by atoms with Gasteiger partial charge in [0.2, 0.25) is 0 Å². The number of hydrogen-bond acceptors (Lipinski definition) is 5. The summed E-state index contributed by atoms with van der Waals surface area (Å²) in [5.41, 5.74) is -0.995. The molecule has 22 heavy (non-hydrogen) atoms. The Morgan fingerprint density at radius 2 is 1.95 bits per heavy atom. The first-order chi connectivity index (χ1) is 10.2. The molecule has 0 bridgehead atoms. The topological polar surface area (TPSA) is 77.8 Å². The summed E-state index contributed by atoms with van der Waals surface area (Å²) in [6.07, 6.45) is -7.13. The highest BCUT2D eigenvalue weighted by Gasteiger charge is 2.32. The standard InChI is InChI=1S/C14H17F3O4S/c1-8(19)22-5-4-12(20)13(21)11-3-2-10(14(15,16)17)6-9(11)7-18/h2-3,6,12-13,18,20-21H,4-5,7H2,1H3. The average Bonchev–Trinajstić information content (AvgIpc) is 2.44. The zero-order chi connectivity index (χ0) is 16.9. The third kappa shape index (κ3) is 5.28. The lowest BCUT2D eigenvalue weighted by Crippen LogP contribution is -2.21. The first-order valence-corrected chi connectivity index (χ1v) is 7.45. The molecular weight excluding hydrogens is 321 g/mol. The maximum Gasteiger partial charge on any atom is 0.416 e. The van der Waals surface area contributed by atoms with Crippen molar-refractivity contribution < 1.29 is 33.3 Å². The summed E-state index contributed by atoms with van der Waals surface area (Å²) >= 11 is 0.980. The molecule has 0 spiro atoms. The second-order valence-electron chi connectivity index (χ2n) is 4.71. The Kier molecular flexibility index (Phi) is 6.86. The van der Waals surface area contributed by atoms with Gasteiger partial charge in [0, 0.05) is 12.7 Å². The molecule has 0 heterocycles. The maximum atomic E-state index is 12.6. The molecule has 4 nitrogen and oxygen atoms in total. The number of rotatable bonds is 6. The van der Waals surface area contributed by atoms with Crippen LogP contribution in [0.3, 0.4) is 0 Å². The van der Waals surface area contributed by atoms with Crippen molar-refractivity contribution in [2.24, 2.45) is 0 Å². The van der Waals surface area contributed by atoms with E-state index >= 15 is 0 Å². The minimum atomic E-state index is -4.55. The van der Waals surface area contributed by atoms with Gasteiger partial charge in [-0.25, -0.2) is 0 Å². The van der Waals surface area contributed by atoms with Crippen LogP contribution in [0.4, 0.5) is 13.2 Å². The Bertz CT molecular complexity index is 519. The third-order valence-corrected chi connectivity index (χ3v) is 3.89. The number of benzene rings is 1.